The van der Waals surface area contributed by atoms with Crippen LogP contribution in [0.1, 0.15) is 29.1 Å². The maximum Gasteiger partial charge on any atom is 0.252 e. The summed E-state index contributed by atoms with van der Waals surface area (Å²) >= 11 is 0. The summed E-state index contributed by atoms with van der Waals surface area (Å²) in [6, 6.07) is 10.4. The third kappa shape index (κ3) is 2.83. The van der Waals surface area contributed by atoms with E-state index in [1.54, 1.807) is 30.6 Å². The average molecular weight is 294 g/mol. The molecular weight excluding hydrogens is 280 g/mol. The average Bonchev–Trinajstić information content (AvgIpc) is 3.06. The van der Waals surface area contributed by atoms with Gasteiger partial charge in [0.1, 0.15) is 6.33 Å². The van der Waals surface area contributed by atoms with Crippen molar-refractivity contribution in [3.05, 3.63) is 66.5 Å². The Morgan fingerprint density at radius 2 is 1.82 bits per heavy atom. The van der Waals surface area contributed by atoms with Crippen LogP contribution in [0.25, 0.3) is 5.95 Å². The quantitative estimate of drug-likeness (QED) is 0.789. The zero-order valence-corrected chi connectivity index (χ0v) is 11.9. The molecule has 3 aromatic rings. The standard InChI is InChI=1S/C15H14N6O/c1-11(20-14(22)12-6-3-2-4-7-12)13-18-10-19-21(13)15-16-8-5-9-17-15/h2-11H,1H3,(H,20,22)/t11-/m0/s1. The molecule has 0 saturated carbocycles. The molecule has 2 aromatic heterocycles. The van der Waals surface area contributed by atoms with Crippen LogP contribution in [0.15, 0.2) is 55.1 Å². The molecular formula is C15H14N6O. The molecule has 0 fully saturated rings. The normalized spacial score (nSPS) is 11.9. The molecule has 0 radical (unpaired) electrons. The minimum Gasteiger partial charge on any atom is -0.342 e. The Hall–Kier alpha value is -3.09. The van der Waals surface area contributed by atoms with Crippen molar-refractivity contribution in [3.8, 4) is 5.95 Å². The van der Waals surface area contributed by atoms with Gasteiger partial charge in [-0.3, -0.25) is 4.79 Å². The predicted molar refractivity (Wildman–Crippen MR) is 79.3 cm³/mol. The van der Waals surface area contributed by atoms with Crippen molar-refractivity contribution >= 4 is 5.91 Å². The number of nitrogens with zero attached hydrogens (tertiary/aromatic N) is 5. The topological polar surface area (TPSA) is 85.6 Å². The second-order valence-corrected chi connectivity index (χ2v) is 4.64. The van der Waals surface area contributed by atoms with Crippen LogP contribution in [-0.2, 0) is 0 Å². The number of benzene rings is 1. The van der Waals surface area contributed by atoms with Crippen molar-refractivity contribution in [1.82, 2.24) is 30.0 Å². The molecule has 0 unspecified atom stereocenters. The first kappa shape index (κ1) is 13.9. The molecule has 1 atom stereocenters. The fourth-order valence-corrected chi connectivity index (χ4v) is 2.03. The third-order valence-electron chi connectivity index (χ3n) is 3.09. The van der Waals surface area contributed by atoms with Gasteiger partial charge in [0.15, 0.2) is 5.82 Å². The van der Waals surface area contributed by atoms with Crippen LogP contribution in [0.4, 0.5) is 0 Å². The van der Waals surface area contributed by atoms with E-state index in [1.165, 1.54) is 11.0 Å². The summed E-state index contributed by atoms with van der Waals surface area (Å²) in [7, 11) is 0. The largest absolute Gasteiger partial charge is 0.342 e. The van der Waals surface area contributed by atoms with Gasteiger partial charge in [-0.25, -0.2) is 15.0 Å². The molecule has 0 aliphatic heterocycles. The molecule has 7 nitrogen and oxygen atoms in total. The number of amides is 1. The highest BCUT2D eigenvalue weighted by atomic mass is 16.1. The number of aromatic nitrogens is 5. The highest BCUT2D eigenvalue weighted by Gasteiger charge is 2.18. The van der Waals surface area contributed by atoms with Gasteiger partial charge in [0.2, 0.25) is 0 Å². The summed E-state index contributed by atoms with van der Waals surface area (Å²) in [5.41, 5.74) is 0.594. The van der Waals surface area contributed by atoms with Crippen LogP contribution in [0, 0.1) is 0 Å². The highest BCUT2D eigenvalue weighted by molar-refractivity contribution is 5.94. The Labute approximate surface area is 127 Å². The van der Waals surface area contributed by atoms with Gasteiger partial charge in [-0.05, 0) is 25.1 Å². The summed E-state index contributed by atoms with van der Waals surface area (Å²) in [4.78, 5) is 24.7. The van der Waals surface area contributed by atoms with E-state index in [0.29, 0.717) is 17.3 Å². The van der Waals surface area contributed by atoms with Gasteiger partial charge in [-0.15, -0.1) is 0 Å². The van der Waals surface area contributed by atoms with E-state index in [2.05, 4.69) is 25.4 Å². The Morgan fingerprint density at radius 3 is 2.55 bits per heavy atom. The zero-order chi connectivity index (χ0) is 15.4. The number of hydrogen-bond donors (Lipinski definition) is 1. The van der Waals surface area contributed by atoms with Crippen molar-refractivity contribution in [3.63, 3.8) is 0 Å². The predicted octanol–water partition coefficient (Wildman–Crippen LogP) is 1.55. The first-order valence-electron chi connectivity index (χ1n) is 6.79. The molecule has 0 aliphatic rings. The minimum absolute atomic E-state index is 0.170. The fraction of sp³-hybridized carbons (Fsp3) is 0.133. The van der Waals surface area contributed by atoms with Crippen LogP contribution in [0.2, 0.25) is 0 Å². The van der Waals surface area contributed by atoms with Crippen molar-refractivity contribution in [2.24, 2.45) is 0 Å². The number of carbonyl (C=O) groups excluding carboxylic acids is 1. The van der Waals surface area contributed by atoms with E-state index in [9.17, 15) is 4.79 Å². The van der Waals surface area contributed by atoms with Crippen LogP contribution in [0.3, 0.4) is 0 Å². The van der Waals surface area contributed by atoms with Gasteiger partial charge in [-0.1, -0.05) is 18.2 Å². The summed E-state index contributed by atoms with van der Waals surface area (Å²) in [5, 5.41) is 7.01. The maximum absolute atomic E-state index is 12.2. The van der Waals surface area contributed by atoms with Gasteiger partial charge in [0.05, 0.1) is 6.04 Å². The molecule has 110 valence electrons. The van der Waals surface area contributed by atoms with Crippen molar-refractivity contribution in [1.29, 1.82) is 0 Å². The minimum atomic E-state index is -0.334. The van der Waals surface area contributed by atoms with E-state index in [4.69, 9.17) is 0 Å². The molecule has 7 heteroatoms. The lowest BCUT2D eigenvalue weighted by Crippen LogP contribution is -2.28. The molecule has 1 aromatic carbocycles. The van der Waals surface area contributed by atoms with Gasteiger partial charge >= 0.3 is 0 Å². The van der Waals surface area contributed by atoms with E-state index in [1.807, 2.05) is 25.1 Å². The Kier molecular flexibility index (Phi) is 3.86. The summed E-state index contributed by atoms with van der Waals surface area (Å²) < 4.78 is 1.51. The number of hydrogen-bond acceptors (Lipinski definition) is 5. The first-order valence-corrected chi connectivity index (χ1v) is 6.79. The van der Waals surface area contributed by atoms with Gasteiger partial charge in [0.25, 0.3) is 11.9 Å². The van der Waals surface area contributed by atoms with Gasteiger partial charge in [-0.2, -0.15) is 9.78 Å². The second kappa shape index (κ2) is 6.13. The molecule has 2 heterocycles. The van der Waals surface area contributed by atoms with Crippen LogP contribution in [0.5, 0.6) is 0 Å². The van der Waals surface area contributed by atoms with Crippen molar-refractivity contribution < 1.29 is 4.79 Å². The summed E-state index contributed by atoms with van der Waals surface area (Å²) in [6.07, 6.45) is 4.67. The Balaban J connectivity index is 1.81. The maximum atomic E-state index is 12.2. The number of nitrogens with one attached hydrogen (secondary N) is 1. The number of carbonyl (C=O) groups is 1. The lowest BCUT2D eigenvalue weighted by atomic mass is 10.2. The van der Waals surface area contributed by atoms with E-state index in [0.717, 1.165) is 0 Å². The molecule has 0 spiro atoms. The highest BCUT2D eigenvalue weighted by Crippen LogP contribution is 2.12. The SMILES string of the molecule is C[C@H](NC(=O)c1ccccc1)c1ncnn1-c1ncccn1. The smallest absolute Gasteiger partial charge is 0.252 e. The lowest BCUT2D eigenvalue weighted by molar-refractivity contribution is 0.0938. The van der Waals surface area contributed by atoms with Gasteiger partial charge < -0.3 is 5.32 Å². The fourth-order valence-electron chi connectivity index (χ4n) is 2.03. The third-order valence-corrected chi connectivity index (χ3v) is 3.09. The van der Waals surface area contributed by atoms with E-state index < -0.39 is 0 Å². The molecule has 22 heavy (non-hydrogen) atoms. The molecule has 0 aliphatic carbocycles. The lowest BCUT2D eigenvalue weighted by Gasteiger charge is -2.13. The van der Waals surface area contributed by atoms with Crippen molar-refractivity contribution in [2.45, 2.75) is 13.0 Å². The zero-order valence-electron chi connectivity index (χ0n) is 11.9. The monoisotopic (exact) mass is 294 g/mol. The molecule has 1 N–H and O–H groups in total. The number of rotatable bonds is 4. The van der Waals surface area contributed by atoms with Crippen LogP contribution in [-0.4, -0.2) is 30.6 Å². The van der Waals surface area contributed by atoms with E-state index in [-0.39, 0.29) is 11.9 Å². The Morgan fingerprint density at radius 1 is 1.09 bits per heavy atom. The van der Waals surface area contributed by atoms with E-state index >= 15 is 0 Å². The van der Waals surface area contributed by atoms with Crippen molar-refractivity contribution in [2.75, 3.05) is 0 Å². The molecule has 3 rings (SSSR count). The molecule has 0 bridgehead atoms. The summed E-state index contributed by atoms with van der Waals surface area (Å²) in [6.45, 7) is 1.84. The van der Waals surface area contributed by atoms with Crippen LogP contribution >= 0.6 is 0 Å². The molecule has 1 amide bonds. The first-order chi connectivity index (χ1) is 10.8. The molecule has 0 saturated heterocycles. The summed E-state index contributed by atoms with van der Waals surface area (Å²) in [5.74, 6) is 0.808. The second-order valence-electron chi connectivity index (χ2n) is 4.64. The Bertz CT molecular complexity index is 756. The van der Waals surface area contributed by atoms with Gasteiger partial charge in [0, 0.05) is 18.0 Å². The van der Waals surface area contributed by atoms with Crippen LogP contribution < -0.4 is 5.32 Å².